The third kappa shape index (κ3) is 5.41. The second kappa shape index (κ2) is 8.93. The van der Waals surface area contributed by atoms with Gasteiger partial charge in [0, 0.05) is 25.2 Å². The van der Waals surface area contributed by atoms with Crippen molar-refractivity contribution in [3.8, 4) is 0 Å². The molecule has 1 fully saturated rings. The number of likely N-dealkylation sites (N-methyl/N-ethyl adjacent to an activating group) is 2. The molecule has 3 heteroatoms. The summed E-state index contributed by atoms with van der Waals surface area (Å²) in [6.07, 6.45) is 5.18. The maximum atomic E-state index is 3.70. The molecule has 1 aliphatic rings. The van der Waals surface area contributed by atoms with Gasteiger partial charge in [0.25, 0.3) is 0 Å². The molecule has 1 N–H and O–H groups in total. The largest absolute Gasteiger partial charge is 0.313 e. The van der Waals surface area contributed by atoms with Crippen LogP contribution in [0.15, 0.2) is 0 Å². The van der Waals surface area contributed by atoms with E-state index in [0.717, 1.165) is 12.5 Å². The highest BCUT2D eigenvalue weighted by atomic mass is 15.2. The average molecular weight is 269 g/mol. The van der Waals surface area contributed by atoms with Crippen LogP contribution < -0.4 is 5.32 Å². The Morgan fingerprint density at radius 2 is 2.05 bits per heavy atom. The first-order chi connectivity index (χ1) is 9.12. The van der Waals surface area contributed by atoms with E-state index in [4.69, 9.17) is 0 Å². The minimum atomic E-state index is 0.657. The van der Waals surface area contributed by atoms with Crippen LogP contribution in [0.4, 0.5) is 0 Å². The summed E-state index contributed by atoms with van der Waals surface area (Å²) in [4.78, 5) is 5.08. The van der Waals surface area contributed by atoms with Gasteiger partial charge in [0.1, 0.15) is 0 Å². The number of nitrogens with zero attached hydrogens (tertiary/aromatic N) is 2. The lowest BCUT2D eigenvalue weighted by molar-refractivity contribution is 0.158. The van der Waals surface area contributed by atoms with E-state index in [1.54, 1.807) is 0 Å². The normalized spacial score (nSPS) is 24.0. The Bertz CT molecular complexity index is 226. The molecule has 0 saturated carbocycles. The molecular formula is C16H35N3. The number of rotatable bonds is 9. The van der Waals surface area contributed by atoms with Crippen LogP contribution in [0.3, 0.4) is 0 Å². The fourth-order valence-electron chi connectivity index (χ4n) is 3.63. The van der Waals surface area contributed by atoms with E-state index >= 15 is 0 Å². The van der Waals surface area contributed by atoms with E-state index in [2.05, 4.69) is 50.0 Å². The van der Waals surface area contributed by atoms with Crippen molar-refractivity contribution >= 4 is 0 Å². The predicted octanol–water partition coefficient (Wildman–Crippen LogP) is 2.43. The minimum absolute atomic E-state index is 0.657. The summed E-state index contributed by atoms with van der Waals surface area (Å²) < 4.78 is 0. The smallest absolute Gasteiger partial charge is 0.0243 e. The Balaban J connectivity index is 2.50. The standard InChI is InChI=1S/C16H35N3/c1-6-9-15(17-8-3)16(7-2)19(5)13-14-10-11-18(4)12-14/h14-17H,6-13H2,1-5H3. The Labute approximate surface area is 120 Å². The monoisotopic (exact) mass is 269 g/mol. The van der Waals surface area contributed by atoms with E-state index in [-0.39, 0.29) is 0 Å². The molecule has 19 heavy (non-hydrogen) atoms. The van der Waals surface area contributed by atoms with Crippen LogP contribution in [0.5, 0.6) is 0 Å². The summed E-state index contributed by atoms with van der Waals surface area (Å²) in [6, 6.07) is 1.34. The molecule has 0 aromatic carbocycles. The van der Waals surface area contributed by atoms with Gasteiger partial charge in [-0.05, 0) is 52.4 Å². The van der Waals surface area contributed by atoms with Gasteiger partial charge in [-0.3, -0.25) is 0 Å². The van der Waals surface area contributed by atoms with Crippen LogP contribution in [0.25, 0.3) is 0 Å². The van der Waals surface area contributed by atoms with Gasteiger partial charge >= 0.3 is 0 Å². The van der Waals surface area contributed by atoms with Crippen molar-refractivity contribution in [1.29, 1.82) is 0 Å². The van der Waals surface area contributed by atoms with E-state index in [9.17, 15) is 0 Å². The van der Waals surface area contributed by atoms with E-state index < -0.39 is 0 Å². The van der Waals surface area contributed by atoms with E-state index in [1.165, 1.54) is 45.3 Å². The molecule has 1 aliphatic heterocycles. The first kappa shape index (κ1) is 16.9. The molecule has 3 nitrogen and oxygen atoms in total. The summed E-state index contributed by atoms with van der Waals surface area (Å²) in [6.45, 7) is 11.8. The molecule has 0 bridgehead atoms. The third-order valence-corrected chi connectivity index (χ3v) is 4.55. The lowest BCUT2D eigenvalue weighted by Crippen LogP contribution is -2.49. The van der Waals surface area contributed by atoms with E-state index in [1.807, 2.05) is 0 Å². The highest BCUT2D eigenvalue weighted by Crippen LogP contribution is 2.19. The van der Waals surface area contributed by atoms with Gasteiger partial charge in [-0.1, -0.05) is 27.2 Å². The van der Waals surface area contributed by atoms with Crippen molar-refractivity contribution in [3.05, 3.63) is 0 Å². The zero-order valence-corrected chi connectivity index (χ0v) is 13.8. The number of hydrogen-bond acceptors (Lipinski definition) is 3. The van der Waals surface area contributed by atoms with Crippen LogP contribution in [0, 0.1) is 5.92 Å². The number of likely N-dealkylation sites (tertiary alicyclic amines) is 1. The van der Waals surface area contributed by atoms with Gasteiger partial charge in [0.2, 0.25) is 0 Å². The van der Waals surface area contributed by atoms with Crippen LogP contribution in [0.2, 0.25) is 0 Å². The lowest BCUT2D eigenvalue weighted by atomic mass is 9.98. The fraction of sp³-hybridized carbons (Fsp3) is 1.00. The van der Waals surface area contributed by atoms with Crippen LogP contribution in [-0.2, 0) is 0 Å². The molecule has 1 saturated heterocycles. The van der Waals surface area contributed by atoms with Crippen molar-refractivity contribution < 1.29 is 0 Å². The molecule has 0 amide bonds. The minimum Gasteiger partial charge on any atom is -0.313 e. The van der Waals surface area contributed by atoms with Gasteiger partial charge in [-0.15, -0.1) is 0 Å². The van der Waals surface area contributed by atoms with Crippen LogP contribution in [-0.4, -0.2) is 62.2 Å². The Kier molecular flexibility index (Phi) is 7.96. The van der Waals surface area contributed by atoms with Gasteiger partial charge in [0.05, 0.1) is 0 Å². The summed E-state index contributed by atoms with van der Waals surface area (Å²) >= 11 is 0. The van der Waals surface area contributed by atoms with Gasteiger partial charge in [-0.2, -0.15) is 0 Å². The first-order valence-corrected chi connectivity index (χ1v) is 8.24. The fourth-order valence-corrected chi connectivity index (χ4v) is 3.63. The van der Waals surface area contributed by atoms with Crippen molar-refractivity contribution in [3.63, 3.8) is 0 Å². The second-order valence-electron chi connectivity index (χ2n) is 6.28. The Hall–Kier alpha value is -0.120. The topological polar surface area (TPSA) is 18.5 Å². The molecule has 3 unspecified atom stereocenters. The third-order valence-electron chi connectivity index (χ3n) is 4.55. The predicted molar refractivity (Wildman–Crippen MR) is 84.7 cm³/mol. The molecular weight excluding hydrogens is 234 g/mol. The highest BCUT2D eigenvalue weighted by Gasteiger charge is 2.26. The Morgan fingerprint density at radius 1 is 1.32 bits per heavy atom. The Morgan fingerprint density at radius 3 is 2.53 bits per heavy atom. The molecule has 3 atom stereocenters. The van der Waals surface area contributed by atoms with Crippen molar-refractivity contribution in [2.45, 2.75) is 58.5 Å². The van der Waals surface area contributed by atoms with Gasteiger partial charge < -0.3 is 15.1 Å². The first-order valence-electron chi connectivity index (χ1n) is 8.24. The molecule has 114 valence electrons. The quantitative estimate of drug-likeness (QED) is 0.693. The zero-order chi connectivity index (χ0) is 14.3. The molecule has 0 spiro atoms. The molecule has 0 radical (unpaired) electrons. The van der Waals surface area contributed by atoms with Gasteiger partial charge in [-0.25, -0.2) is 0 Å². The molecule has 0 aliphatic carbocycles. The number of nitrogens with one attached hydrogen (secondary N) is 1. The molecule has 0 aromatic rings. The second-order valence-corrected chi connectivity index (χ2v) is 6.28. The van der Waals surface area contributed by atoms with E-state index in [0.29, 0.717) is 12.1 Å². The lowest BCUT2D eigenvalue weighted by Gasteiger charge is -2.36. The summed E-state index contributed by atoms with van der Waals surface area (Å²) in [5.41, 5.74) is 0. The summed E-state index contributed by atoms with van der Waals surface area (Å²) in [5, 5.41) is 3.70. The van der Waals surface area contributed by atoms with Crippen molar-refractivity contribution in [1.82, 2.24) is 15.1 Å². The van der Waals surface area contributed by atoms with Crippen LogP contribution in [0.1, 0.15) is 46.5 Å². The van der Waals surface area contributed by atoms with Crippen molar-refractivity contribution in [2.24, 2.45) is 5.92 Å². The average Bonchev–Trinajstić information content (AvgIpc) is 2.76. The maximum absolute atomic E-state index is 3.70. The molecule has 0 aromatic heterocycles. The highest BCUT2D eigenvalue weighted by molar-refractivity contribution is 4.84. The van der Waals surface area contributed by atoms with Gasteiger partial charge in [0.15, 0.2) is 0 Å². The summed E-state index contributed by atoms with van der Waals surface area (Å²) in [7, 11) is 4.57. The summed E-state index contributed by atoms with van der Waals surface area (Å²) in [5.74, 6) is 0.868. The SMILES string of the molecule is CCCC(NCC)C(CC)N(C)CC1CCN(C)C1. The van der Waals surface area contributed by atoms with Crippen molar-refractivity contribution in [2.75, 3.05) is 40.3 Å². The molecule has 1 heterocycles. The van der Waals surface area contributed by atoms with Crippen LogP contribution >= 0.6 is 0 Å². The molecule has 1 rings (SSSR count). The zero-order valence-electron chi connectivity index (χ0n) is 13.8. The maximum Gasteiger partial charge on any atom is 0.0243 e. The number of hydrogen-bond donors (Lipinski definition) is 1.